The molecule has 0 aliphatic carbocycles. The van der Waals surface area contributed by atoms with Crippen LogP contribution in [0.25, 0.3) is 0 Å². The molecule has 1 aliphatic rings. The smallest absolute Gasteiger partial charge is 0.216 e. The molecule has 1 fully saturated rings. The average Bonchev–Trinajstić information content (AvgIpc) is 2.92. The Morgan fingerprint density at radius 2 is 2.32 bits per heavy atom. The predicted molar refractivity (Wildman–Crippen MR) is 79.1 cm³/mol. The number of hydrogen-bond donors (Lipinski definition) is 2. The van der Waals surface area contributed by atoms with Crippen LogP contribution in [-0.4, -0.2) is 37.0 Å². The standard InChI is InChI=1S/C14H23N3OS/c1-11(18)16-10-12-4-6-17(7-5-12)13(9-15)14-3-2-8-19-14/h2-3,8,12-13H,4-7,9-10,15H2,1H3,(H,16,18). The van der Waals surface area contributed by atoms with E-state index in [0.29, 0.717) is 18.5 Å². The molecule has 5 heteroatoms. The zero-order chi connectivity index (χ0) is 13.7. The van der Waals surface area contributed by atoms with Crippen molar-refractivity contribution in [2.24, 2.45) is 11.7 Å². The van der Waals surface area contributed by atoms with Gasteiger partial charge in [-0.1, -0.05) is 6.07 Å². The molecule has 19 heavy (non-hydrogen) atoms. The van der Waals surface area contributed by atoms with Gasteiger partial charge in [0.15, 0.2) is 0 Å². The number of likely N-dealkylation sites (tertiary alicyclic amines) is 1. The molecule has 0 saturated carbocycles. The molecule has 106 valence electrons. The lowest BCUT2D eigenvalue weighted by molar-refractivity contribution is -0.119. The Labute approximate surface area is 119 Å². The minimum atomic E-state index is 0.0702. The molecule has 0 aromatic carbocycles. The number of thiophene rings is 1. The molecular formula is C14H23N3OS. The first-order valence-corrected chi connectivity index (χ1v) is 7.80. The molecule has 0 bridgehead atoms. The second-order valence-corrected chi connectivity index (χ2v) is 6.16. The first-order valence-electron chi connectivity index (χ1n) is 6.92. The van der Waals surface area contributed by atoms with Crippen LogP contribution < -0.4 is 11.1 Å². The summed E-state index contributed by atoms with van der Waals surface area (Å²) in [5, 5.41) is 5.03. The van der Waals surface area contributed by atoms with E-state index in [-0.39, 0.29) is 5.91 Å². The highest BCUT2D eigenvalue weighted by Crippen LogP contribution is 2.28. The quantitative estimate of drug-likeness (QED) is 0.862. The summed E-state index contributed by atoms with van der Waals surface area (Å²) >= 11 is 1.79. The van der Waals surface area contributed by atoms with Gasteiger partial charge in [0.1, 0.15) is 0 Å². The van der Waals surface area contributed by atoms with E-state index in [4.69, 9.17) is 5.73 Å². The molecule has 2 heterocycles. The number of hydrogen-bond acceptors (Lipinski definition) is 4. The molecule has 1 atom stereocenters. The van der Waals surface area contributed by atoms with Gasteiger partial charge >= 0.3 is 0 Å². The third-order valence-corrected chi connectivity index (χ3v) is 4.80. The zero-order valence-electron chi connectivity index (χ0n) is 11.5. The molecule has 1 amide bonds. The molecule has 1 aromatic heterocycles. The Morgan fingerprint density at radius 3 is 2.84 bits per heavy atom. The third-order valence-electron chi connectivity index (χ3n) is 3.82. The Bertz CT molecular complexity index is 385. The van der Waals surface area contributed by atoms with Gasteiger partial charge in [-0.05, 0) is 43.3 Å². The molecule has 0 spiro atoms. The van der Waals surface area contributed by atoms with E-state index in [1.54, 1.807) is 18.3 Å². The number of amides is 1. The third kappa shape index (κ3) is 4.03. The number of carbonyl (C=O) groups excluding carboxylic acids is 1. The normalized spacial score (nSPS) is 19.3. The second-order valence-electron chi connectivity index (χ2n) is 5.18. The van der Waals surface area contributed by atoms with Gasteiger partial charge in [0.05, 0.1) is 6.04 Å². The number of carbonyl (C=O) groups is 1. The van der Waals surface area contributed by atoms with Crippen molar-refractivity contribution in [3.63, 3.8) is 0 Å². The summed E-state index contributed by atoms with van der Waals surface area (Å²) in [4.78, 5) is 14.8. The van der Waals surface area contributed by atoms with E-state index in [0.717, 1.165) is 32.5 Å². The van der Waals surface area contributed by atoms with Crippen LogP contribution >= 0.6 is 11.3 Å². The number of piperidine rings is 1. The van der Waals surface area contributed by atoms with Crippen LogP contribution in [-0.2, 0) is 4.79 Å². The topological polar surface area (TPSA) is 58.4 Å². The summed E-state index contributed by atoms with van der Waals surface area (Å²) in [6, 6.07) is 4.62. The summed E-state index contributed by atoms with van der Waals surface area (Å²) in [5.74, 6) is 0.683. The number of nitrogens with zero attached hydrogens (tertiary/aromatic N) is 1. The van der Waals surface area contributed by atoms with E-state index in [1.807, 2.05) is 0 Å². The summed E-state index contributed by atoms with van der Waals surface area (Å²) in [5.41, 5.74) is 5.94. The van der Waals surface area contributed by atoms with E-state index in [2.05, 4.69) is 27.7 Å². The zero-order valence-corrected chi connectivity index (χ0v) is 12.3. The van der Waals surface area contributed by atoms with Crippen molar-refractivity contribution in [1.29, 1.82) is 0 Å². The molecule has 3 N–H and O–H groups in total. The number of nitrogens with two attached hydrogens (primary N) is 1. The van der Waals surface area contributed by atoms with Crippen molar-refractivity contribution in [1.82, 2.24) is 10.2 Å². The molecule has 2 rings (SSSR count). The van der Waals surface area contributed by atoms with E-state index < -0.39 is 0 Å². The highest BCUT2D eigenvalue weighted by Gasteiger charge is 2.25. The molecule has 1 unspecified atom stereocenters. The van der Waals surface area contributed by atoms with E-state index in [1.165, 1.54) is 4.88 Å². The van der Waals surface area contributed by atoms with Gasteiger partial charge in [0, 0.05) is 24.9 Å². The summed E-state index contributed by atoms with van der Waals surface area (Å²) < 4.78 is 0. The summed E-state index contributed by atoms with van der Waals surface area (Å²) in [7, 11) is 0. The average molecular weight is 281 g/mol. The maximum absolute atomic E-state index is 10.9. The fourth-order valence-corrected chi connectivity index (χ4v) is 3.56. The molecular weight excluding hydrogens is 258 g/mol. The maximum atomic E-state index is 10.9. The summed E-state index contributed by atoms with van der Waals surface area (Å²) in [6.45, 7) is 5.22. The van der Waals surface area contributed by atoms with Crippen LogP contribution in [0.3, 0.4) is 0 Å². The first kappa shape index (κ1) is 14.5. The Morgan fingerprint density at radius 1 is 1.58 bits per heavy atom. The van der Waals surface area contributed by atoms with Crippen molar-refractivity contribution < 1.29 is 4.79 Å². The van der Waals surface area contributed by atoms with Gasteiger partial charge in [0.25, 0.3) is 0 Å². The Kier molecular flexibility index (Phi) is 5.36. The van der Waals surface area contributed by atoms with E-state index in [9.17, 15) is 4.79 Å². The van der Waals surface area contributed by atoms with Gasteiger partial charge in [-0.3, -0.25) is 9.69 Å². The lowest BCUT2D eigenvalue weighted by Crippen LogP contribution is -2.41. The van der Waals surface area contributed by atoms with Gasteiger partial charge < -0.3 is 11.1 Å². The van der Waals surface area contributed by atoms with Gasteiger partial charge in [-0.15, -0.1) is 11.3 Å². The van der Waals surface area contributed by atoms with Crippen LogP contribution in [0.5, 0.6) is 0 Å². The SMILES string of the molecule is CC(=O)NCC1CCN(C(CN)c2cccs2)CC1. The highest BCUT2D eigenvalue weighted by molar-refractivity contribution is 7.10. The lowest BCUT2D eigenvalue weighted by Gasteiger charge is -2.36. The van der Waals surface area contributed by atoms with Gasteiger partial charge in [-0.2, -0.15) is 0 Å². The van der Waals surface area contributed by atoms with Crippen molar-refractivity contribution in [3.8, 4) is 0 Å². The maximum Gasteiger partial charge on any atom is 0.216 e. The van der Waals surface area contributed by atoms with Gasteiger partial charge in [0.2, 0.25) is 5.91 Å². The molecule has 1 saturated heterocycles. The minimum Gasteiger partial charge on any atom is -0.356 e. The minimum absolute atomic E-state index is 0.0702. The second kappa shape index (κ2) is 7.03. The monoisotopic (exact) mass is 281 g/mol. The van der Waals surface area contributed by atoms with Crippen LogP contribution in [0, 0.1) is 5.92 Å². The molecule has 4 nitrogen and oxygen atoms in total. The number of rotatable bonds is 5. The van der Waals surface area contributed by atoms with Crippen LogP contribution in [0.4, 0.5) is 0 Å². The fraction of sp³-hybridized carbons (Fsp3) is 0.643. The number of nitrogens with one attached hydrogen (secondary N) is 1. The van der Waals surface area contributed by atoms with Crippen molar-refractivity contribution >= 4 is 17.2 Å². The molecule has 0 radical (unpaired) electrons. The lowest BCUT2D eigenvalue weighted by atomic mass is 9.95. The van der Waals surface area contributed by atoms with Crippen molar-refractivity contribution in [2.75, 3.05) is 26.2 Å². The van der Waals surface area contributed by atoms with Crippen LogP contribution in [0.1, 0.15) is 30.7 Å². The highest BCUT2D eigenvalue weighted by atomic mass is 32.1. The first-order chi connectivity index (χ1) is 9.20. The summed E-state index contributed by atoms with van der Waals surface area (Å²) in [6.07, 6.45) is 2.28. The molecule has 1 aliphatic heterocycles. The largest absolute Gasteiger partial charge is 0.356 e. The van der Waals surface area contributed by atoms with Gasteiger partial charge in [-0.25, -0.2) is 0 Å². The predicted octanol–water partition coefficient (Wildman–Crippen LogP) is 1.60. The molecule has 1 aromatic rings. The fourth-order valence-electron chi connectivity index (χ4n) is 2.68. The van der Waals surface area contributed by atoms with Crippen molar-refractivity contribution in [3.05, 3.63) is 22.4 Å². The van der Waals surface area contributed by atoms with Crippen molar-refractivity contribution in [2.45, 2.75) is 25.8 Å². The van der Waals surface area contributed by atoms with Crippen LogP contribution in [0.2, 0.25) is 0 Å². The Balaban J connectivity index is 1.83. The Hall–Kier alpha value is -0.910. The van der Waals surface area contributed by atoms with Crippen LogP contribution in [0.15, 0.2) is 17.5 Å². The van der Waals surface area contributed by atoms with E-state index >= 15 is 0 Å².